The summed E-state index contributed by atoms with van der Waals surface area (Å²) >= 11 is 5.88. The van der Waals surface area contributed by atoms with E-state index >= 15 is 0 Å². The van der Waals surface area contributed by atoms with E-state index in [-0.39, 0.29) is 12.5 Å². The number of rotatable bonds is 5. The largest absolute Gasteiger partial charge is 0.496 e. The van der Waals surface area contributed by atoms with Crippen molar-refractivity contribution >= 4 is 17.5 Å². The zero-order valence-corrected chi connectivity index (χ0v) is 12.3. The van der Waals surface area contributed by atoms with Crippen molar-refractivity contribution in [2.24, 2.45) is 0 Å². The lowest BCUT2D eigenvalue weighted by molar-refractivity contribution is 0.0913. The molecule has 0 aliphatic heterocycles. The number of halogens is 1. The Kier molecular flexibility index (Phi) is 5.20. The number of hydrogen-bond donors (Lipinski definition) is 2. The van der Waals surface area contributed by atoms with Gasteiger partial charge in [-0.1, -0.05) is 41.9 Å². The van der Waals surface area contributed by atoms with E-state index in [0.29, 0.717) is 16.3 Å². The Labute approximate surface area is 128 Å². The summed E-state index contributed by atoms with van der Waals surface area (Å²) < 4.78 is 5.16. The highest BCUT2D eigenvalue weighted by Gasteiger charge is 2.18. The fourth-order valence-electron chi connectivity index (χ4n) is 2.01. The molecule has 0 bridgehead atoms. The third kappa shape index (κ3) is 3.74. The van der Waals surface area contributed by atoms with Gasteiger partial charge in [-0.05, 0) is 23.8 Å². The summed E-state index contributed by atoms with van der Waals surface area (Å²) in [6, 6.07) is 13.6. The maximum Gasteiger partial charge on any atom is 0.255 e. The number of ether oxygens (including phenoxy) is 1. The first-order chi connectivity index (χ1) is 10.2. The number of aliphatic hydroxyl groups excluding tert-OH is 1. The number of nitrogens with one attached hydrogen (secondary N) is 1. The molecular weight excluding hydrogens is 290 g/mol. The predicted octanol–water partition coefficient (Wildman–Crippen LogP) is 2.81. The van der Waals surface area contributed by atoms with E-state index < -0.39 is 6.04 Å². The van der Waals surface area contributed by atoms with Crippen LogP contribution in [0.2, 0.25) is 5.02 Å². The minimum absolute atomic E-state index is 0.189. The van der Waals surface area contributed by atoms with Gasteiger partial charge in [0.1, 0.15) is 5.75 Å². The van der Waals surface area contributed by atoms with Crippen LogP contribution in [0.5, 0.6) is 5.75 Å². The molecule has 2 rings (SSSR count). The number of benzene rings is 2. The fourth-order valence-corrected chi connectivity index (χ4v) is 2.17. The second-order valence-corrected chi connectivity index (χ2v) is 4.90. The first-order valence-corrected chi connectivity index (χ1v) is 6.83. The average Bonchev–Trinajstić information content (AvgIpc) is 2.53. The van der Waals surface area contributed by atoms with E-state index in [1.165, 1.54) is 7.11 Å². The third-order valence-corrected chi connectivity index (χ3v) is 3.33. The van der Waals surface area contributed by atoms with E-state index in [1.54, 1.807) is 18.2 Å². The highest BCUT2D eigenvalue weighted by Crippen LogP contribution is 2.24. The molecule has 4 nitrogen and oxygen atoms in total. The summed E-state index contributed by atoms with van der Waals surface area (Å²) in [5, 5.41) is 12.8. The lowest BCUT2D eigenvalue weighted by Gasteiger charge is -2.17. The van der Waals surface area contributed by atoms with Crippen LogP contribution in [-0.4, -0.2) is 24.7 Å². The van der Waals surface area contributed by atoms with Crippen molar-refractivity contribution in [3.63, 3.8) is 0 Å². The Hall–Kier alpha value is -2.04. The van der Waals surface area contributed by atoms with E-state index in [4.69, 9.17) is 16.3 Å². The Bertz CT molecular complexity index is 616. The molecule has 0 fully saturated rings. The molecule has 0 aliphatic carbocycles. The van der Waals surface area contributed by atoms with Gasteiger partial charge in [0.15, 0.2) is 0 Å². The van der Waals surface area contributed by atoms with Crippen molar-refractivity contribution in [2.45, 2.75) is 6.04 Å². The molecule has 0 radical (unpaired) electrons. The van der Waals surface area contributed by atoms with Crippen molar-refractivity contribution in [1.29, 1.82) is 0 Å². The standard InChI is InChI=1S/C16H16ClNO3/c1-21-15-9-12(17)7-8-13(15)16(20)18-14(10-19)11-5-3-2-4-6-11/h2-9,14,19H,10H2,1H3,(H,18,20). The van der Waals surface area contributed by atoms with Gasteiger partial charge in [0.2, 0.25) is 0 Å². The van der Waals surface area contributed by atoms with Crippen molar-refractivity contribution in [3.05, 3.63) is 64.7 Å². The second-order valence-electron chi connectivity index (χ2n) is 4.46. The molecule has 0 spiro atoms. The molecule has 2 aromatic rings. The molecule has 0 heterocycles. The summed E-state index contributed by atoms with van der Waals surface area (Å²) in [6.45, 7) is -0.189. The molecule has 0 saturated carbocycles. The van der Waals surface area contributed by atoms with Crippen LogP contribution >= 0.6 is 11.6 Å². The van der Waals surface area contributed by atoms with Gasteiger partial charge >= 0.3 is 0 Å². The highest BCUT2D eigenvalue weighted by atomic mass is 35.5. The van der Waals surface area contributed by atoms with Crippen LogP contribution in [0.3, 0.4) is 0 Å². The van der Waals surface area contributed by atoms with Gasteiger partial charge in [-0.25, -0.2) is 0 Å². The van der Waals surface area contributed by atoms with Crippen molar-refractivity contribution in [2.75, 3.05) is 13.7 Å². The number of hydrogen-bond acceptors (Lipinski definition) is 3. The topological polar surface area (TPSA) is 58.6 Å². The van der Waals surface area contributed by atoms with E-state index in [9.17, 15) is 9.90 Å². The van der Waals surface area contributed by atoms with Gasteiger partial charge in [0.05, 0.1) is 25.3 Å². The van der Waals surface area contributed by atoms with E-state index in [1.807, 2.05) is 30.3 Å². The summed E-state index contributed by atoms with van der Waals surface area (Å²) in [6.07, 6.45) is 0. The quantitative estimate of drug-likeness (QED) is 0.893. The van der Waals surface area contributed by atoms with Crippen LogP contribution in [0.15, 0.2) is 48.5 Å². The van der Waals surface area contributed by atoms with E-state index in [2.05, 4.69) is 5.32 Å². The summed E-state index contributed by atoms with van der Waals surface area (Å²) in [4.78, 5) is 12.3. The minimum atomic E-state index is -0.473. The number of methoxy groups -OCH3 is 1. The molecule has 1 unspecified atom stereocenters. The minimum Gasteiger partial charge on any atom is -0.496 e. The summed E-state index contributed by atoms with van der Waals surface area (Å²) in [5.74, 6) is 0.0659. The maximum absolute atomic E-state index is 12.3. The second kappa shape index (κ2) is 7.11. The third-order valence-electron chi connectivity index (χ3n) is 3.10. The molecule has 110 valence electrons. The molecule has 1 amide bonds. The number of carbonyl (C=O) groups excluding carboxylic acids is 1. The lowest BCUT2D eigenvalue weighted by Crippen LogP contribution is -2.31. The Morgan fingerprint density at radius 3 is 2.62 bits per heavy atom. The monoisotopic (exact) mass is 305 g/mol. The molecule has 5 heteroatoms. The molecule has 0 saturated heterocycles. The van der Waals surface area contributed by atoms with Gasteiger partial charge in [-0.2, -0.15) is 0 Å². The normalized spacial score (nSPS) is 11.8. The maximum atomic E-state index is 12.3. The average molecular weight is 306 g/mol. The van der Waals surface area contributed by atoms with Crippen molar-refractivity contribution in [1.82, 2.24) is 5.32 Å². The molecule has 21 heavy (non-hydrogen) atoms. The van der Waals surface area contributed by atoms with Crippen LogP contribution in [-0.2, 0) is 0 Å². The summed E-state index contributed by atoms with van der Waals surface area (Å²) in [5.41, 5.74) is 1.21. The first-order valence-electron chi connectivity index (χ1n) is 6.46. The first kappa shape index (κ1) is 15.4. The van der Waals surface area contributed by atoms with Crippen LogP contribution in [0, 0.1) is 0 Å². The number of aliphatic hydroxyl groups is 1. The number of carbonyl (C=O) groups is 1. The zero-order chi connectivity index (χ0) is 15.2. The molecule has 0 aliphatic rings. The Morgan fingerprint density at radius 2 is 2.00 bits per heavy atom. The molecule has 0 aromatic heterocycles. The zero-order valence-electron chi connectivity index (χ0n) is 11.5. The highest BCUT2D eigenvalue weighted by molar-refractivity contribution is 6.30. The Morgan fingerprint density at radius 1 is 1.29 bits per heavy atom. The van der Waals surface area contributed by atoms with Crippen LogP contribution < -0.4 is 10.1 Å². The molecule has 1 atom stereocenters. The van der Waals surface area contributed by atoms with Gasteiger partial charge in [0, 0.05) is 5.02 Å². The molecule has 2 N–H and O–H groups in total. The van der Waals surface area contributed by atoms with Crippen LogP contribution in [0.1, 0.15) is 22.0 Å². The lowest BCUT2D eigenvalue weighted by atomic mass is 10.1. The molecule has 2 aromatic carbocycles. The fraction of sp³-hybridized carbons (Fsp3) is 0.188. The number of amides is 1. The van der Waals surface area contributed by atoms with E-state index in [0.717, 1.165) is 5.56 Å². The summed E-state index contributed by atoms with van der Waals surface area (Å²) in [7, 11) is 1.48. The van der Waals surface area contributed by atoms with Gasteiger partial charge < -0.3 is 15.2 Å². The van der Waals surface area contributed by atoms with Gasteiger partial charge in [-0.15, -0.1) is 0 Å². The smallest absolute Gasteiger partial charge is 0.255 e. The Balaban J connectivity index is 2.21. The van der Waals surface area contributed by atoms with Crippen LogP contribution in [0.4, 0.5) is 0 Å². The SMILES string of the molecule is COc1cc(Cl)ccc1C(=O)NC(CO)c1ccccc1. The molecular formula is C16H16ClNO3. The van der Waals surface area contributed by atoms with Crippen LogP contribution in [0.25, 0.3) is 0 Å². The van der Waals surface area contributed by atoms with Gasteiger partial charge in [-0.3, -0.25) is 4.79 Å². The van der Waals surface area contributed by atoms with Crippen molar-refractivity contribution in [3.8, 4) is 5.75 Å². The van der Waals surface area contributed by atoms with Crippen molar-refractivity contribution < 1.29 is 14.6 Å². The van der Waals surface area contributed by atoms with Gasteiger partial charge in [0.25, 0.3) is 5.91 Å². The predicted molar refractivity (Wildman–Crippen MR) is 81.7 cm³/mol.